The van der Waals surface area contributed by atoms with Gasteiger partial charge in [-0.15, -0.1) is 0 Å². The zero-order chi connectivity index (χ0) is 15.6. The van der Waals surface area contributed by atoms with Gasteiger partial charge in [-0.25, -0.2) is 15.0 Å². The fourth-order valence-corrected chi connectivity index (χ4v) is 2.19. The van der Waals surface area contributed by atoms with Gasteiger partial charge in [0, 0.05) is 36.5 Å². The highest BCUT2D eigenvalue weighted by Gasteiger charge is 2.23. The third-order valence-corrected chi connectivity index (χ3v) is 3.43. The molecular formula is C16H25N5. The lowest BCUT2D eigenvalue weighted by atomic mass is 9.95. The average Bonchev–Trinajstić information content (AvgIpc) is 2.88. The molecule has 114 valence electrons. The molecule has 0 atom stereocenters. The minimum absolute atomic E-state index is 0.101. The van der Waals surface area contributed by atoms with Gasteiger partial charge in [0.1, 0.15) is 17.3 Å². The van der Waals surface area contributed by atoms with Crippen LogP contribution in [0.3, 0.4) is 0 Å². The van der Waals surface area contributed by atoms with Crippen molar-refractivity contribution in [3.05, 3.63) is 23.8 Å². The second-order valence-electron chi connectivity index (χ2n) is 6.19. The maximum absolute atomic E-state index is 4.80. The largest absolute Gasteiger partial charge is 0.370 e. The lowest BCUT2D eigenvalue weighted by molar-refractivity contribution is 0.545. The van der Waals surface area contributed by atoms with Gasteiger partial charge in [-0.3, -0.25) is 0 Å². The SMILES string of the molecule is CCNc1nc(C(C)(C)C)nc(-c2nccn2CC)c1C. The highest BCUT2D eigenvalue weighted by Crippen LogP contribution is 2.28. The number of anilines is 1. The zero-order valence-corrected chi connectivity index (χ0v) is 13.9. The van der Waals surface area contributed by atoms with Crippen molar-refractivity contribution in [2.75, 3.05) is 11.9 Å². The van der Waals surface area contributed by atoms with Gasteiger partial charge in [0.2, 0.25) is 0 Å². The minimum Gasteiger partial charge on any atom is -0.370 e. The smallest absolute Gasteiger partial charge is 0.159 e. The molecule has 0 unspecified atom stereocenters. The molecule has 2 aromatic rings. The summed E-state index contributed by atoms with van der Waals surface area (Å²) >= 11 is 0. The van der Waals surface area contributed by atoms with Gasteiger partial charge in [-0.2, -0.15) is 0 Å². The maximum Gasteiger partial charge on any atom is 0.159 e. The van der Waals surface area contributed by atoms with Gasteiger partial charge in [0.15, 0.2) is 5.82 Å². The van der Waals surface area contributed by atoms with E-state index in [1.54, 1.807) is 0 Å². The van der Waals surface area contributed by atoms with E-state index in [0.717, 1.165) is 41.8 Å². The van der Waals surface area contributed by atoms with Crippen LogP contribution in [0, 0.1) is 6.92 Å². The summed E-state index contributed by atoms with van der Waals surface area (Å²) in [7, 11) is 0. The summed E-state index contributed by atoms with van der Waals surface area (Å²) in [6.07, 6.45) is 3.81. The van der Waals surface area contributed by atoms with E-state index in [1.165, 1.54) is 0 Å². The van der Waals surface area contributed by atoms with Crippen LogP contribution in [-0.2, 0) is 12.0 Å². The van der Waals surface area contributed by atoms with E-state index in [1.807, 2.05) is 12.4 Å². The van der Waals surface area contributed by atoms with Crippen LogP contribution in [-0.4, -0.2) is 26.1 Å². The van der Waals surface area contributed by atoms with Crippen molar-refractivity contribution in [3.63, 3.8) is 0 Å². The molecule has 2 aromatic heterocycles. The monoisotopic (exact) mass is 287 g/mol. The van der Waals surface area contributed by atoms with Crippen LogP contribution in [0.5, 0.6) is 0 Å². The van der Waals surface area contributed by atoms with E-state index in [2.05, 4.69) is 56.4 Å². The fraction of sp³-hybridized carbons (Fsp3) is 0.562. The maximum atomic E-state index is 4.80. The molecule has 0 aliphatic heterocycles. The molecule has 0 aliphatic rings. The minimum atomic E-state index is -0.101. The number of hydrogen-bond acceptors (Lipinski definition) is 4. The van der Waals surface area contributed by atoms with Crippen molar-refractivity contribution in [3.8, 4) is 11.5 Å². The Hall–Kier alpha value is -1.91. The Kier molecular flexibility index (Phi) is 4.30. The Morgan fingerprint density at radius 2 is 1.90 bits per heavy atom. The molecule has 21 heavy (non-hydrogen) atoms. The molecule has 0 amide bonds. The highest BCUT2D eigenvalue weighted by atomic mass is 15.1. The molecule has 0 saturated heterocycles. The first-order valence-corrected chi connectivity index (χ1v) is 7.53. The Balaban J connectivity index is 2.66. The third-order valence-electron chi connectivity index (χ3n) is 3.43. The molecule has 5 heteroatoms. The van der Waals surface area contributed by atoms with Gasteiger partial charge >= 0.3 is 0 Å². The number of hydrogen-bond donors (Lipinski definition) is 1. The van der Waals surface area contributed by atoms with Crippen molar-refractivity contribution in [2.45, 2.75) is 53.5 Å². The zero-order valence-electron chi connectivity index (χ0n) is 13.9. The molecule has 2 heterocycles. The van der Waals surface area contributed by atoms with Crippen LogP contribution in [0.2, 0.25) is 0 Å². The first-order chi connectivity index (χ1) is 9.88. The standard InChI is InChI=1S/C16H25N5/c1-7-17-13-11(3)12(14-18-9-10-21(14)8-2)19-15(20-13)16(4,5)6/h9-10H,7-8H2,1-6H3,(H,17,19,20). The van der Waals surface area contributed by atoms with Crippen molar-refractivity contribution >= 4 is 5.82 Å². The molecule has 0 saturated carbocycles. The Morgan fingerprint density at radius 3 is 2.48 bits per heavy atom. The van der Waals surface area contributed by atoms with Crippen LogP contribution in [0.15, 0.2) is 12.4 Å². The van der Waals surface area contributed by atoms with Gasteiger partial charge < -0.3 is 9.88 Å². The summed E-state index contributed by atoms with van der Waals surface area (Å²) in [5.74, 6) is 2.64. The van der Waals surface area contributed by atoms with E-state index >= 15 is 0 Å². The Morgan fingerprint density at radius 1 is 1.19 bits per heavy atom. The summed E-state index contributed by atoms with van der Waals surface area (Å²) in [6, 6.07) is 0. The van der Waals surface area contributed by atoms with Gasteiger partial charge in [-0.1, -0.05) is 20.8 Å². The predicted octanol–water partition coefficient (Wildman–Crippen LogP) is 3.40. The number of aromatic nitrogens is 4. The van der Waals surface area contributed by atoms with Crippen LogP contribution >= 0.6 is 0 Å². The van der Waals surface area contributed by atoms with Crippen LogP contribution in [0.1, 0.15) is 46.0 Å². The molecule has 0 spiro atoms. The number of aryl methyl sites for hydroxylation is 1. The van der Waals surface area contributed by atoms with Gasteiger partial charge in [0.25, 0.3) is 0 Å². The topological polar surface area (TPSA) is 55.6 Å². The molecule has 2 rings (SSSR count). The molecule has 5 nitrogen and oxygen atoms in total. The molecule has 0 bridgehead atoms. The molecule has 1 N–H and O–H groups in total. The molecule has 0 fully saturated rings. The molecular weight excluding hydrogens is 262 g/mol. The number of nitrogens with one attached hydrogen (secondary N) is 1. The summed E-state index contributed by atoms with van der Waals surface area (Å²) in [4.78, 5) is 14.0. The van der Waals surface area contributed by atoms with Crippen molar-refractivity contribution in [1.82, 2.24) is 19.5 Å². The van der Waals surface area contributed by atoms with Crippen molar-refractivity contribution in [1.29, 1.82) is 0 Å². The first-order valence-electron chi connectivity index (χ1n) is 7.53. The second kappa shape index (κ2) is 5.84. The number of imidazole rings is 1. The van der Waals surface area contributed by atoms with Crippen molar-refractivity contribution in [2.24, 2.45) is 0 Å². The quantitative estimate of drug-likeness (QED) is 0.936. The van der Waals surface area contributed by atoms with E-state index in [9.17, 15) is 0 Å². The van der Waals surface area contributed by atoms with Crippen molar-refractivity contribution < 1.29 is 0 Å². The summed E-state index contributed by atoms with van der Waals surface area (Å²) < 4.78 is 2.11. The second-order valence-corrected chi connectivity index (χ2v) is 6.19. The number of nitrogens with zero attached hydrogens (tertiary/aromatic N) is 4. The fourth-order valence-electron chi connectivity index (χ4n) is 2.19. The van der Waals surface area contributed by atoms with Crippen LogP contribution < -0.4 is 5.32 Å². The van der Waals surface area contributed by atoms with E-state index in [-0.39, 0.29) is 5.41 Å². The summed E-state index contributed by atoms with van der Waals surface area (Å²) in [6.45, 7) is 14.3. The van der Waals surface area contributed by atoms with Gasteiger partial charge in [-0.05, 0) is 20.8 Å². The number of rotatable bonds is 4. The van der Waals surface area contributed by atoms with E-state index in [0.29, 0.717) is 0 Å². The summed E-state index contributed by atoms with van der Waals surface area (Å²) in [5.41, 5.74) is 1.86. The van der Waals surface area contributed by atoms with Gasteiger partial charge in [0.05, 0.1) is 0 Å². The third kappa shape index (κ3) is 3.06. The Bertz CT molecular complexity index is 622. The highest BCUT2D eigenvalue weighted by molar-refractivity contribution is 5.63. The lowest BCUT2D eigenvalue weighted by Gasteiger charge is -2.20. The normalized spacial score (nSPS) is 11.7. The van der Waals surface area contributed by atoms with E-state index < -0.39 is 0 Å². The van der Waals surface area contributed by atoms with Crippen LogP contribution in [0.4, 0.5) is 5.82 Å². The predicted molar refractivity (Wildman–Crippen MR) is 86.5 cm³/mol. The molecule has 0 aliphatic carbocycles. The first kappa shape index (κ1) is 15.5. The molecule has 0 aromatic carbocycles. The van der Waals surface area contributed by atoms with Crippen LogP contribution in [0.25, 0.3) is 11.5 Å². The Labute approximate surface area is 126 Å². The summed E-state index contributed by atoms with van der Waals surface area (Å²) in [5, 5.41) is 3.34. The lowest BCUT2D eigenvalue weighted by Crippen LogP contribution is -2.19. The average molecular weight is 287 g/mol. The van der Waals surface area contributed by atoms with E-state index in [4.69, 9.17) is 9.97 Å². The molecule has 0 radical (unpaired) electrons.